The van der Waals surface area contributed by atoms with Crippen LogP contribution in [0.5, 0.6) is 0 Å². The van der Waals surface area contributed by atoms with E-state index in [2.05, 4.69) is 54.6 Å². The zero-order chi connectivity index (χ0) is 10.8. The van der Waals surface area contributed by atoms with Crippen LogP contribution in [-0.4, -0.2) is 6.61 Å². The van der Waals surface area contributed by atoms with Gasteiger partial charge in [-0.1, -0.05) is 54.6 Å². The molecule has 2 aromatic rings. The molecule has 1 aliphatic rings. The Morgan fingerprint density at radius 2 is 1.88 bits per heavy atom. The van der Waals surface area contributed by atoms with E-state index < -0.39 is 0 Å². The largest absolute Gasteiger partial charge is 0.369 e. The molecule has 0 aromatic heterocycles. The lowest BCUT2D eigenvalue weighted by Crippen LogP contribution is -2.07. The van der Waals surface area contributed by atoms with E-state index in [-0.39, 0.29) is 6.10 Å². The van der Waals surface area contributed by atoms with E-state index in [1.165, 1.54) is 16.3 Å². The van der Waals surface area contributed by atoms with Crippen molar-refractivity contribution >= 4 is 10.8 Å². The number of ether oxygens (including phenoxy) is 1. The van der Waals surface area contributed by atoms with Gasteiger partial charge in [0, 0.05) is 0 Å². The average molecular weight is 210 g/mol. The van der Waals surface area contributed by atoms with Crippen LogP contribution in [0.1, 0.15) is 18.1 Å². The molecule has 0 amide bonds. The van der Waals surface area contributed by atoms with Gasteiger partial charge in [-0.05, 0) is 22.8 Å². The molecule has 0 aliphatic carbocycles. The third-order valence-electron chi connectivity index (χ3n) is 3.02. The Hall–Kier alpha value is -1.60. The molecule has 0 fully saturated rings. The second-order valence-electron chi connectivity index (χ2n) is 4.08. The van der Waals surface area contributed by atoms with Gasteiger partial charge >= 0.3 is 0 Å². The van der Waals surface area contributed by atoms with Crippen LogP contribution in [0.4, 0.5) is 0 Å². The molecule has 80 valence electrons. The summed E-state index contributed by atoms with van der Waals surface area (Å²) < 4.78 is 5.79. The average Bonchev–Trinajstić information content (AvgIpc) is 2.39. The predicted octanol–water partition coefficient (Wildman–Crippen LogP) is 3.86. The highest BCUT2D eigenvalue weighted by Crippen LogP contribution is 2.29. The van der Waals surface area contributed by atoms with Crippen LogP contribution in [0.2, 0.25) is 0 Å². The minimum atomic E-state index is 0.125. The Morgan fingerprint density at radius 1 is 1.00 bits per heavy atom. The molecular weight excluding hydrogens is 196 g/mol. The van der Waals surface area contributed by atoms with Crippen molar-refractivity contribution in [2.24, 2.45) is 0 Å². The highest BCUT2D eigenvalue weighted by Gasteiger charge is 2.13. The molecular formula is C15H14O. The highest BCUT2D eigenvalue weighted by atomic mass is 16.5. The van der Waals surface area contributed by atoms with Gasteiger partial charge in [0.15, 0.2) is 0 Å². The number of hydrogen-bond donors (Lipinski definition) is 0. The van der Waals surface area contributed by atoms with Crippen LogP contribution in [-0.2, 0) is 4.74 Å². The van der Waals surface area contributed by atoms with Gasteiger partial charge in [0.2, 0.25) is 0 Å². The molecule has 0 radical (unpaired) electrons. The topological polar surface area (TPSA) is 9.23 Å². The Labute approximate surface area is 95.4 Å². The third kappa shape index (κ3) is 1.63. The van der Waals surface area contributed by atoms with Crippen LogP contribution in [0.3, 0.4) is 0 Å². The second kappa shape index (κ2) is 4.11. The number of benzene rings is 2. The molecule has 1 heterocycles. The SMILES string of the molecule is C1=C[C@@H](c2cccc3ccccc23)OCC1. The molecule has 1 atom stereocenters. The van der Waals surface area contributed by atoms with Gasteiger partial charge in [0.1, 0.15) is 6.10 Å². The summed E-state index contributed by atoms with van der Waals surface area (Å²) in [7, 11) is 0. The zero-order valence-corrected chi connectivity index (χ0v) is 9.10. The molecule has 1 aliphatic heterocycles. The Morgan fingerprint density at radius 3 is 2.75 bits per heavy atom. The molecule has 1 nitrogen and oxygen atoms in total. The van der Waals surface area contributed by atoms with E-state index in [9.17, 15) is 0 Å². The van der Waals surface area contributed by atoms with Crippen LogP contribution in [0, 0.1) is 0 Å². The minimum absolute atomic E-state index is 0.125. The zero-order valence-electron chi connectivity index (χ0n) is 9.10. The molecule has 0 saturated carbocycles. The summed E-state index contributed by atoms with van der Waals surface area (Å²) in [6, 6.07) is 14.9. The molecule has 1 heteroatoms. The molecule has 0 unspecified atom stereocenters. The van der Waals surface area contributed by atoms with E-state index in [4.69, 9.17) is 4.74 Å². The fraction of sp³-hybridized carbons (Fsp3) is 0.200. The van der Waals surface area contributed by atoms with E-state index in [1.807, 2.05) is 0 Å². The Bertz CT molecular complexity index is 522. The molecule has 0 bridgehead atoms. The predicted molar refractivity (Wildman–Crippen MR) is 66.4 cm³/mol. The first-order valence-corrected chi connectivity index (χ1v) is 5.71. The molecule has 0 N–H and O–H groups in total. The lowest BCUT2D eigenvalue weighted by atomic mass is 9.99. The summed E-state index contributed by atoms with van der Waals surface area (Å²) in [5, 5.41) is 2.57. The van der Waals surface area contributed by atoms with Crippen molar-refractivity contribution in [2.45, 2.75) is 12.5 Å². The summed E-state index contributed by atoms with van der Waals surface area (Å²) in [5.41, 5.74) is 1.27. The summed E-state index contributed by atoms with van der Waals surface area (Å²) >= 11 is 0. The van der Waals surface area contributed by atoms with E-state index in [0.717, 1.165) is 13.0 Å². The maximum absolute atomic E-state index is 5.79. The molecule has 0 spiro atoms. The van der Waals surface area contributed by atoms with Gasteiger partial charge in [0.25, 0.3) is 0 Å². The third-order valence-corrected chi connectivity index (χ3v) is 3.02. The van der Waals surface area contributed by atoms with Crippen molar-refractivity contribution < 1.29 is 4.74 Å². The summed E-state index contributed by atoms with van der Waals surface area (Å²) in [6.07, 6.45) is 5.52. The van der Waals surface area contributed by atoms with Crippen LogP contribution in [0.25, 0.3) is 10.8 Å². The quantitative estimate of drug-likeness (QED) is 0.649. The van der Waals surface area contributed by atoms with Crippen LogP contribution < -0.4 is 0 Å². The standard InChI is InChI=1S/C15H14O/c1-2-8-13-12(6-1)7-5-9-14(13)15-10-3-4-11-16-15/h1-3,5-10,15H,4,11H2/t15-/m0/s1. The Balaban J connectivity index is 2.15. The smallest absolute Gasteiger partial charge is 0.101 e. The normalized spacial score (nSPS) is 20.1. The fourth-order valence-electron chi connectivity index (χ4n) is 2.23. The fourth-order valence-corrected chi connectivity index (χ4v) is 2.23. The first kappa shape index (κ1) is 9.61. The summed E-state index contributed by atoms with van der Waals surface area (Å²) in [4.78, 5) is 0. The Kier molecular flexibility index (Phi) is 2.47. The van der Waals surface area contributed by atoms with Gasteiger partial charge in [-0.2, -0.15) is 0 Å². The van der Waals surface area contributed by atoms with E-state index in [1.54, 1.807) is 0 Å². The van der Waals surface area contributed by atoms with Crippen molar-refractivity contribution in [1.82, 2.24) is 0 Å². The van der Waals surface area contributed by atoms with Crippen molar-refractivity contribution in [2.75, 3.05) is 6.61 Å². The maximum Gasteiger partial charge on any atom is 0.101 e. The molecule has 2 aromatic carbocycles. The van der Waals surface area contributed by atoms with Gasteiger partial charge in [0.05, 0.1) is 6.61 Å². The molecule has 16 heavy (non-hydrogen) atoms. The highest BCUT2D eigenvalue weighted by molar-refractivity contribution is 5.86. The number of fused-ring (bicyclic) bond motifs is 1. The molecule has 3 rings (SSSR count). The minimum Gasteiger partial charge on any atom is -0.369 e. The second-order valence-corrected chi connectivity index (χ2v) is 4.08. The van der Waals surface area contributed by atoms with Gasteiger partial charge in [-0.3, -0.25) is 0 Å². The number of rotatable bonds is 1. The maximum atomic E-state index is 5.79. The first-order chi connectivity index (χ1) is 7.95. The van der Waals surface area contributed by atoms with E-state index >= 15 is 0 Å². The van der Waals surface area contributed by atoms with Crippen LogP contribution in [0.15, 0.2) is 54.6 Å². The van der Waals surface area contributed by atoms with Crippen molar-refractivity contribution in [3.05, 3.63) is 60.2 Å². The first-order valence-electron chi connectivity index (χ1n) is 5.71. The lowest BCUT2D eigenvalue weighted by Gasteiger charge is -2.19. The summed E-state index contributed by atoms with van der Waals surface area (Å²) in [5.74, 6) is 0. The van der Waals surface area contributed by atoms with Crippen molar-refractivity contribution in [3.8, 4) is 0 Å². The van der Waals surface area contributed by atoms with Crippen molar-refractivity contribution in [3.63, 3.8) is 0 Å². The number of hydrogen-bond acceptors (Lipinski definition) is 1. The lowest BCUT2D eigenvalue weighted by molar-refractivity contribution is 0.0810. The van der Waals surface area contributed by atoms with Gasteiger partial charge in [-0.15, -0.1) is 0 Å². The monoisotopic (exact) mass is 210 g/mol. The van der Waals surface area contributed by atoms with Crippen LogP contribution >= 0.6 is 0 Å². The van der Waals surface area contributed by atoms with Gasteiger partial charge in [-0.25, -0.2) is 0 Å². The molecule has 0 saturated heterocycles. The van der Waals surface area contributed by atoms with Gasteiger partial charge < -0.3 is 4.74 Å². The van der Waals surface area contributed by atoms with E-state index in [0.29, 0.717) is 0 Å². The summed E-state index contributed by atoms with van der Waals surface area (Å²) in [6.45, 7) is 0.824. The van der Waals surface area contributed by atoms with Crippen molar-refractivity contribution in [1.29, 1.82) is 0 Å².